The first-order chi connectivity index (χ1) is 13.4. The van der Waals surface area contributed by atoms with Gasteiger partial charge in [-0.25, -0.2) is 18.4 Å². The number of sulfone groups is 1. The van der Waals surface area contributed by atoms with E-state index in [0.717, 1.165) is 30.1 Å². The maximum Gasteiger partial charge on any atom is 0.213 e. The zero-order valence-electron chi connectivity index (χ0n) is 16.6. The molecule has 0 spiro atoms. The number of ether oxygens (including phenoxy) is 1. The maximum absolute atomic E-state index is 11.5. The molecule has 0 bridgehead atoms. The van der Waals surface area contributed by atoms with Gasteiger partial charge in [0.1, 0.15) is 0 Å². The van der Waals surface area contributed by atoms with Crippen molar-refractivity contribution in [3.05, 3.63) is 53.7 Å². The third-order valence-corrected chi connectivity index (χ3v) is 5.04. The van der Waals surface area contributed by atoms with Gasteiger partial charge in [0.2, 0.25) is 5.88 Å². The summed E-state index contributed by atoms with van der Waals surface area (Å²) in [5.41, 5.74) is 2.08. The number of nitrogens with zero attached hydrogens (tertiary/aromatic N) is 2. The Morgan fingerprint density at radius 2 is 1.86 bits per heavy atom. The molecule has 1 aromatic heterocycles. The molecule has 1 aromatic carbocycles. The lowest BCUT2D eigenvalue weighted by Gasteiger charge is -2.12. The van der Waals surface area contributed by atoms with Crippen LogP contribution in [0, 0.1) is 0 Å². The highest BCUT2D eigenvalue weighted by Crippen LogP contribution is 2.11. The van der Waals surface area contributed by atoms with Crippen LogP contribution in [0.3, 0.4) is 0 Å². The van der Waals surface area contributed by atoms with Crippen LogP contribution in [0.25, 0.3) is 0 Å². The van der Waals surface area contributed by atoms with Crippen LogP contribution in [-0.2, 0) is 22.8 Å². The zero-order valence-corrected chi connectivity index (χ0v) is 17.4. The number of aliphatic imine (C=N–C) groups is 1. The van der Waals surface area contributed by atoms with Gasteiger partial charge in [-0.05, 0) is 49.6 Å². The number of benzene rings is 1. The third kappa shape index (κ3) is 7.19. The number of aromatic nitrogens is 1. The minimum absolute atomic E-state index is 0.336. The van der Waals surface area contributed by atoms with Crippen LogP contribution in [0.4, 0.5) is 0 Å². The molecule has 2 N–H and O–H groups in total. The summed E-state index contributed by atoms with van der Waals surface area (Å²) in [6, 6.07) is 10.8. The van der Waals surface area contributed by atoms with Gasteiger partial charge in [-0.3, -0.25) is 0 Å². The Hall–Kier alpha value is -2.61. The van der Waals surface area contributed by atoms with Crippen LogP contribution >= 0.6 is 0 Å². The standard InChI is InChI=1S/C20H28N4O3S/c1-4-21-20(24-15-17-11-12-22-19(14-17)27-5-2)23-13-10-16-6-8-18(9-7-16)28(3,25)26/h6-9,11-12,14H,4-5,10,13,15H2,1-3H3,(H2,21,23,24). The number of hydrogen-bond acceptors (Lipinski definition) is 5. The fraction of sp³-hybridized carbons (Fsp3) is 0.400. The first-order valence-electron chi connectivity index (χ1n) is 9.31. The monoisotopic (exact) mass is 404 g/mol. The van der Waals surface area contributed by atoms with Crippen molar-refractivity contribution in [2.45, 2.75) is 31.7 Å². The largest absolute Gasteiger partial charge is 0.478 e. The predicted molar refractivity (Wildman–Crippen MR) is 111 cm³/mol. The highest BCUT2D eigenvalue weighted by atomic mass is 32.2. The van der Waals surface area contributed by atoms with E-state index in [1.54, 1.807) is 18.3 Å². The first kappa shape index (κ1) is 21.7. The van der Waals surface area contributed by atoms with Gasteiger partial charge in [-0.1, -0.05) is 12.1 Å². The molecule has 152 valence electrons. The van der Waals surface area contributed by atoms with Gasteiger partial charge in [0.15, 0.2) is 15.8 Å². The molecule has 2 aromatic rings. The van der Waals surface area contributed by atoms with Gasteiger partial charge in [-0.2, -0.15) is 0 Å². The van der Waals surface area contributed by atoms with E-state index in [1.165, 1.54) is 6.26 Å². The van der Waals surface area contributed by atoms with Gasteiger partial charge in [0.25, 0.3) is 0 Å². The van der Waals surface area contributed by atoms with Crippen LogP contribution < -0.4 is 15.4 Å². The second-order valence-electron chi connectivity index (χ2n) is 6.22. The Bertz CT molecular complexity index is 881. The van der Waals surface area contributed by atoms with Crippen molar-refractivity contribution in [1.82, 2.24) is 15.6 Å². The Labute approximate surface area is 167 Å². The van der Waals surface area contributed by atoms with E-state index < -0.39 is 9.84 Å². The summed E-state index contributed by atoms with van der Waals surface area (Å²) in [7, 11) is -3.16. The lowest BCUT2D eigenvalue weighted by atomic mass is 10.1. The number of rotatable bonds is 9. The lowest BCUT2D eigenvalue weighted by molar-refractivity contribution is 0.326. The summed E-state index contributed by atoms with van der Waals surface area (Å²) in [4.78, 5) is 9.09. The first-order valence-corrected chi connectivity index (χ1v) is 11.2. The molecule has 0 aliphatic rings. The van der Waals surface area contributed by atoms with Crippen molar-refractivity contribution < 1.29 is 13.2 Å². The summed E-state index contributed by atoms with van der Waals surface area (Å²) in [6.07, 6.45) is 3.69. The molecular weight excluding hydrogens is 376 g/mol. The van der Waals surface area contributed by atoms with Crippen molar-refractivity contribution in [2.75, 3.05) is 26.0 Å². The van der Waals surface area contributed by atoms with E-state index in [-0.39, 0.29) is 0 Å². The minimum atomic E-state index is -3.16. The molecular formula is C20H28N4O3S. The Morgan fingerprint density at radius 1 is 1.11 bits per heavy atom. The molecule has 0 amide bonds. The average molecular weight is 405 g/mol. The predicted octanol–water partition coefficient (Wildman–Crippen LogP) is 2.18. The van der Waals surface area contributed by atoms with Gasteiger partial charge in [0.05, 0.1) is 18.0 Å². The maximum atomic E-state index is 11.5. The van der Waals surface area contributed by atoms with Crippen LogP contribution in [0.2, 0.25) is 0 Å². The van der Waals surface area contributed by atoms with E-state index >= 15 is 0 Å². The fourth-order valence-corrected chi connectivity index (χ4v) is 3.15. The van der Waals surface area contributed by atoms with Gasteiger partial charge < -0.3 is 15.4 Å². The lowest BCUT2D eigenvalue weighted by Crippen LogP contribution is -2.38. The second-order valence-corrected chi connectivity index (χ2v) is 8.24. The quantitative estimate of drug-likeness (QED) is 0.492. The van der Waals surface area contributed by atoms with E-state index in [4.69, 9.17) is 4.74 Å². The molecule has 0 saturated heterocycles. The molecule has 8 heteroatoms. The number of pyridine rings is 1. The fourth-order valence-electron chi connectivity index (χ4n) is 2.52. The van der Waals surface area contributed by atoms with E-state index in [9.17, 15) is 8.42 Å². The van der Waals surface area contributed by atoms with E-state index in [0.29, 0.717) is 30.5 Å². The minimum Gasteiger partial charge on any atom is -0.478 e. The van der Waals surface area contributed by atoms with Crippen molar-refractivity contribution >= 4 is 15.8 Å². The molecule has 1 heterocycles. The van der Waals surface area contributed by atoms with Crippen molar-refractivity contribution in [2.24, 2.45) is 4.99 Å². The van der Waals surface area contributed by atoms with Crippen molar-refractivity contribution in [3.63, 3.8) is 0 Å². The topological polar surface area (TPSA) is 92.7 Å². The Kier molecular flexibility index (Phi) is 8.25. The van der Waals surface area contributed by atoms with Crippen LogP contribution in [-0.4, -0.2) is 45.3 Å². The zero-order chi connectivity index (χ0) is 20.4. The molecule has 2 rings (SSSR count). The summed E-state index contributed by atoms with van der Waals surface area (Å²) in [6.45, 7) is 6.48. The van der Waals surface area contributed by atoms with Gasteiger partial charge in [0, 0.05) is 31.6 Å². The van der Waals surface area contributed by atoms with Crippen molar-refractivity contribution in [3.8, 4) is 5.88 Å². The highest BCUT2D eigenvalue weighted by Gasteiger charge is 2.06. The van der Waals surface area contributed by atoms with Crippen LogP contribution in [0.1, 0.15) is 25.0 Å². The third-order valence-electron chi connectivity index (χ3n) is 3.91. The molecule has 0 radical (unpaired) electrons. The Morgan fingerprint density at radius 3 is 2.50 bits per heavy atom. The van der Waals surface area contributed by atoms with E-state index in [2.05, 4.69) is 20.6 Å². The van der Waals surface area contributed by atoms with Gasteiger partial charge >= 0.3 is 0 Å². The summed E-state index contributed by atoms with van der Waals surface area (Å²) >= 11 is 0. The molecule has 0 aliphatic carbocycles. The summed E-state index contributed by atoms with van der Waals surface area (Å²) in [5.74, 6) is 1.33. The molecule has 0 fully saturated rings. The van der Waals surface area contributed by atoms with Crippen LogP contribution in [0.15, 0.2) is 52.5 Å². The number of nitrogens with one attached hydrogen (secondary N) is 2. The van der Waals surface area contributed by atoms with Crippen molar-refractivity contribution in [1.29, 1.82) is 0 Å². The number of hydrogen-bond donors (Lipinski definition) is 2. The highest BCUT2D eigenvalue weighted by molar-refractivity contribution is 7.90. The molecule has 7 nitrogen and oxygen atoms in total. The smallest absolute Gasteiger partial charge is 0.213 e. The van der Waals surface area contributed by atoms with E-state index in [1.807, 2.05) is 38.1 Å². The second kappa shape index (κ2) is 10.7. The molecule has 0 aliphatic heterocycles. The Balaban J connectivity index is 1.91. The molecule has 0 saturated carbocycles. The summed E-state index contributed by atoms with van der Waals surface area (Å²) in [5, 5.41) is 6.52. The molecule has 0 unspecified atom stereocenters. The number of guanidine groups is 1. The van der Waals surface area contributed by atoms with Gasteiger partial charge in [-0.15, -0.1) is 0 Å². The molecule has 28 heavy (non-hydrogen) atoms. The SMILES string of the molecule is CCNC(=NCc1ccnc(OCC)c1)NCCc1ccc(S(C)(=O)=O)cc1. The summed E-state index contributed by atoms with van der Waals surface area (Å²) < 4.78 is 28.5. The average Bonchev–Trinajstić information content (AvgIpc) is 2.66. The molecule has 0 atom stereocenters. The normalized spacial score (nSPS) is 11.9. The van der Waals surface area contributed by atoms with Crippen LogP contribution in [0.5, 0.6) is 5.88 Å².